The van der Waals surface area contributed by atoms with Crippen LogP contribution in [0.4, 0.5) is 0 Å². The molecule has 1 amide bonds. The smallest absolute Gasteiger partial charge is 0.309 e. The number of hydrogen-bond donors (Lipinski definition) is 2. The molecule has 2 N–H and O–H groups in total. The zero-order chi connectivity index (χ0) is 48.3. The first-order chi connectivity index (χ1) is 31.4. The summed E-state index contributed by atoms with van der Waals surface area (Å²) < 4.78 is 12.3. The molecular weight excluding hydrogens is 858 g/mol. The van der Waals surface area contributed by atoms with Gasteiger partial charge in [0.2, 0.25) is 5.91 Å². The van der Waals surface area contributed by atoms with Gasteiger partial charge >= 0.3 is 11.9 Å². The highest BCUT2D eigenvalue weighted by Crippen LogP contribution is 2.77. The van der Waals surface area contributed by atoms with E-state index in [0.717, 1.165) is 72.9 Å². The number of esters is 2. The number of benzene rings is 2. The van der Waals surface area contributed by atoms with Crippen LogP contribution in [0.3, 0.4) is 0 Å². The van der Waals surface area contributed by atoms with Gasteiger partial charge in [-0.2, -0.15) is 0 Å². The Morgan fingerprint density at radius 1 is 0.821 bits per heavy atom. The van der Waals surface area contributed by atoms with Crippen molar-refractivity contribution < 1.29 is 28.7 Å². The number of imidazole rings is 1. The van der Waals surface area contributed by atoms with E-state index in [4.69, 9.17) is 26.1 Å². The molecule has 0 saturated heterocycles. The van der Waals surface area contributed by atoms with E-state index < -0.39 is 16.4 Å². The van der Waals surface area contributed by atoms with Crippen molar-refractivity contribution in [2.24, 2.45) is 68.0 Å². The van der Waals surface area contributed by atoms with Gasteiger partial charge in [0.1, 0.15) is 18.5 Å². The van der Waals surface area contributed by atoms with Crippen LogP contribution in [0.25, 0.3) is 11.3 Å². The van der Waals surface area contributed by atoms with E-state index in [1.165, 1.54) is 0 Å². The number of rotatable bonds is 10. The van der Waals surface area contributed by atoms with E-state index in [1.807, 2.05) is 82.3 Å². The van der Waals surface area contributed by atoms with Gasteiger partial charge in [-0.05, 0) is 151 Å². The third kappa shape index (κ3) is 7.39. The highest BCUT2D eigenvalue weighted by atomic mass is 35.5. The quantitative estimate of drug-likeness (QED) is 0.194. The number of carbonyl (C=O) groups is 4. The molecule has 0 unspecified atom stereocenters. The number of Topliss-reactive ketones (excluding diaryl/α,β-unsaturated/α-hetero) is 1. The van der Waals surface area contributed by atoms with Crippen molar-refractivity contribution in [3.63, 3.8) is 0 Å². The predicted octanol–water partition coefficient (Wildman–Crippen LogP) is 12.4. The maximum Gasteiger partial charge on any atom is 0.309 e. The maximum absolute atomic E-state index is 15.2. The lowest BCUT2D eigenvalue weighted by atomic mass is 9.33. The number of nitrogens with zero attached hydrogens (tertiary/aromatic N) is 1. The molecule has 67 heavy (non-hydrogen) atoms. The molecule has 0 aliphatic heterocycles. The third-order valence-electron chi connectivity index (χ3n) is 19.9. The van der Waals surface area contributed by atoms with E-state index in [-0.39, 0.29) is 88.1 Å². The standard InChI is InChI=1S/C57H74ClN3O6/c1-33(2)45-41(62)30-57(50(65)61-53(7,8)49-59-31-40(60-49)35-17-19-36(58)20-18-35)28-27-55(10)37(46(45)57)21-22-43-54(9)25-24-44(52(5,6)42(54)23-26-56(43,55)11)67-48(64)39-29-38(51(39,3)4)47(63)66-32-34-15-13-12-14-16-34/h12-20,31,33,37-39,42-44H,21-30,32H2,1-11H3,(H,59,60)(H,61,65)/t37-,38+,39-,42+,43-,44+,54+,55-,56-,57-/m1/s1. The highest BCUT2D eigenvalue weighted by Gasteiger charge is 2.71. The van der Waals surface area contributed by atoms with Gasteiger partial charge in [-0.1, -0.05) is 116 Å². The van der Waals surface area contributed by atoms with Crippen LogP contribution in [0.5, 0.6) is 0 Å². The lowest BCUT2D eigenvalue weighted by molar-refractivity contribution is -0.236. The SMILES string of the molecule is CC(C)C1=C2[C@H]3CC[C@@H]4[C@@]5(C)CC[C@H](OC(=O)[C@H]6C[C@@H](C(=O)OCc7ccccc7)C6(C)C)C(C)(C)[C@@H]5CC[C@@]4(C)[C@]3(C)CC[C@@]2(C(=O)NC(C)(C)c2ncc(-c3ccc(Cl)cc3)[nH]2)CC1=O. The van der Waals surface area contributed by atoms with Gasteiger partial charge in [0.25, 0.3) is 0 Å². The summed E-state index contributed by atoms with van der Waals surface area (Å²) in [5.41, 5.74) is 2.15. The summed E-state index contributed by atoms with van der Waals surface area (Å²) in [5.74, 6) is 0.530. The Morgan fingerprint density at radius 3 is 2.18 bits per heavy atom. The minimum absolute atomic E-state index is 0.0157. The van der Waals surface area contributed by atoms with Crippen molar-refractivity contribution in [2.75, 3.05) is 0 Å². The van der Waals surface area contributed by atoms with Crippen LogP contribution >= 0.6 is 11.6 Å². The molecule has 2 aromatic carbocycles. The second kappa shape index (κ2) is 16.4. The van der Waals surface area contributed by atoms with Crippen LogP contribution < -0.4 is 5.32 Å². The average Bonchev–Trinajstić information content (AvgIpc) is 3.89. The topological polar surface area (TPSA) is 127 Å². The summed E-state index contributed by atoms with van der Waals surface area (Å²) >= 11 is 6.17. The summed E-state index contributed by atoms with van der Waals surface area (Å²) in [6, 6.07) is 17.3. The van der Waals surface area contributed by atoms with Gasteiger partial charge < -0.3 is 19.8 Å². The number of fused-ring (bicyclic) bond motifs is 7. The van der Waals surface area contributed by atoms with Crippen molar-refractivity contribution >= 4 is 35.2 Å². The summed E-state index contributed by atoms with van der Waals surface area (Å²) in [7, 11) is 0. The Balaban J connectivity index is 0.917. The van der Waals surface area contributed by atoms with Gasteiger partial charge in [-0.3, -0.25) is 19.2 Å². The minimum atomic E-state index is -0.893. The first kappa shape index (κ1) is 47.8. The normalized spacial score (nSPS) is 35.1. The number of amides is 1. The first-order valence-corrected chi connectivity index (χ1v) is 25.6. The molecule has 5 fully saturated rings. The van der Waals surface area contributed by atoms with Crippen LogP contribution in [0.15, 0.2) is 71.9 Å². The monoisotopic (exact) mass is 932 g/mol. The molecular formula is C57H74ClN3O6. The molecule has 10 heteroatoms. The Labute approximate surface area is 403 Å². The van der Waals surface area contributed by atoms with E-state index in [9.17, 15) is 14.4 Å². The predicted molar refractivity (Wildman–Crippen MR) is 261 cm³/mol. The van der Waals surface area contributed by atoms with Gasteiger partial charge in [0.05, 0.1) is 34.7 Å². The van der Waals surface area contributed by atoms with Crippen molar-refractivity contribution in [1.29, 1.82) is 0 Å². The number of H-pyrrole nitrogens is 1. The summed E-state index contributed by atoms with van der Waals surface area (Å²) in [6.07, 6.45) is 9.65. The fraction of sp³-hybridized carbons (Fsp3) is 0.632. The van der Waals surface area contributed by atoms with E-state index in [0.29, 0.717) is 35.5 Å². The molecule has 5 saturated carbocycles. The molecule has 3 aromatic rings. The third-order valence-corrected chi connectivity index (χ3v) is 20.1. The van der Waals surface area contributed by atoms with Crippen LogP contribution in [0, 0.1) is 68.0 Å². The zero-order valence-corrected chi connectivity index (χ0v) is 42.6. The molecule has 6 aliphatic carbocycles. The number of aromatic amines is 1. The van der Waals surface area contributed by atoms with Gasteiger partial charge in [-0.25, -0.2) is 4.98 Å². The molecule has 0 radical (unpaired) electrons. The first-order valence-electron chi connectivity index (χ1n) is 25.2. The number of halogens is 1. The molecule has 6 aliphatic rings. The number of ether oxygens (including phenoxy) is 2. The average molecular weight is 933 g/mol. The van der Waals surface area contributed by atoms with Crippen LogP contribution in [0.2, 0.25) is 5.02 Å². The Hall–Kier alpha value is -4.24. The van der Waals surface area contributed by atoms with Crippen molar-refractivity contribution in [3.8, 4) is 11.3 Å². The van der Waals surface area contributed by atoms with Crippen molar-refractivity contribution in [2.45, 2.75) is 159 Å². The molecule has 0 spiro atoms. The van der Waals surface area contributed by atoms with Gasteiger partial charge in [-0.15, -0.1) is 0 Å². The number of hydrogen-bond acceptors (Lipinski definition) is 7. The highest BCUT2D eigenvalue weighted by molar-refractivity contribution is 6.30. The molecule has 360 valence electrons. The Morgan fingerprint density at radius 2 is 1.51 bits per heavy atom. The number of aromatic nitrogens is 2. The Bertz CT molecular complexity index is 2490. The summed E-state index contributed by atoms with van der Waals surface area (Å²) in [6.45, 7) is 24.7. The maximum atomic E-state index is 15.2. The second-order valence-electron chi connectivity index (χ2n) is 24.6. The van der Waals surface area contributed by atoms with Crippen LogP contribution in [-0.2, 0) is 40.8 Å². The number of ketones is 1. The van der Waals surface area contributed by atoms with Crippen molar-refractivity contribution in [1.82, 2.24) is 15.3 Å². The summed E-state index contributed by atoms with van der Waals surface area (Å²) in [5, 5.41) is 4.10. The van der Waals surface area contributed by atoms with Crippen molar-refractivity contribution in [3.05, 3.63) is 88.4 Å². The minimum Gasteiger partial charge on any atom is -0.462 e. The second-order valence-corrected chi connectivity index (χ2v) is 25.0. The largest absolute Gasteiger partial charge is 0.462 e. The number of nitrogens with one attached hydrogen (secondary N) is 2. The molecule has 0 bridgehead atoms. The van der Waals surface area contributed by atoms with Crippen LogP contribution in [0.1, 0.15) is 152 Å². The summed E-state index contributed by atoms with van der Waals surface area (Å²) in [4.78, 5) is 65.1. The fourth-order valence-electron chi connectivity index (χ4n) is 15.7. The van der Waals surface area contributed by atoms with E-state index in [2.05, 4.69) is 58.8 Å². The van der Waals surface area contributed by atoms with Gasteiger partial charge in [0.15, 0.2) is 5.78 Å². The zero-order valence-electron chi connectivity index (χ0n) is 41.9. The number of allylic oxidation sites excluding steroid dienone is 1. The lowest BCUT2D eigenvalue weighted by Gasteiger charge is -2.72. The van der Waals surface area contributed by atoms with E-state index >= 15 is 4.79 Å². The lowest BCUT2D eigenvalue weighted by Crippen LogP contribution is -2.66. The molecule has 1 heterocycles. The van der Waals surface area contributed by atoms with Crippen LogP contribution in [-0.4, -0.2) is 39.7 Å². The molecule has 9 nitrogen and oxygen atoms in total. The van der Waals surface area contributed by atoms with Gasteiger partial charge in [0, 0.05) is 16.9 Å². The number of carbonyl (C=O) groups excluding carboxylic acids is 4. The molecule has 1 aromatic heterocycles. The molecule has 9 rings (SSSR count). The van der Waals surface area contributed by atoms with E-state index in [1.54, 1.807) is 6.20 Å². The fourth-order valence-corrected chi connectivity index (χ4v) is 15.9. The Kier molecular flexibility index (Phi) is 11.7. The molecule has 10 atom stereocenters.